The van der Waals surface area contributed by atoms with Gasteiger partial charge in [-0.15, -0.1) is 0 Å². The average Bonchev–Trinajstić information content (AvgIpc) is 2.75. The minimum atomic E-state index is -0.120. The Labute approximate surface area is 167 Å². The molecule has 0 atom stereocenters. The smallest absolute Gasteiger partial charge is 0.258 e. The van der Waals surface area contributed by atoms with Crippen molar-refractivity contribution in [3.63, 3.8) is 0 Å². The van der Waals surface area contributed by atoms with Gasteiger partial charge in [0.15, 0.2) is 6.61 Å². The van der Waals surface area contributed by atoms with Crippen molar-refractivity contribution in [1.29, 1.82) is 0 Å². The Morgan fingerprint density at radius 1 is 0.893 bits per heavy atom. The highest BCUT2D eigenvalue weighted by molar-refractivity contribution is 5.84. The second-order valence-electron chi connectivity index (χ2n) is 6.80. The van der Waals surface area contributed by atoms with Crippen LogP contribution in [0.25, 0.3) is 10.8 Å². The predicted molar refractivity (Wildman–Crippen MR) is 114 cm³/mol. The lowest BCUT2D eigenvalue weighted by molar-refractivity contribution is -0.123. The van der Waals surface area contributed by atoms with E-state index in [0.717, 1.165) is 36.0 Å². The van der Waals surface area contributed by atoms with Crippen LogP contribution < -0.4 is 10.1 Å². The van der Waals surface area contributed by atoms with Gasteiger partial charge in [-0.25, -0.2) is 0 Å². The molecule has 28 heavy (non-hydrogen) atoms. The third kappa shape index (κ3) is 5.33. The Morgan fingerprint density at radius 2 is 1.57 bits per heavy atom. The molecule has 0 heterocycles. The first-order valence-corrected chi connectivity index (χ1v) is 9.87. The molecule has 0 aliphatic heterocycles. The Hall–Kier alpha value is -2.85. The fourth-order valence-electron chi connectivity index (χ4n) is 3.22. The largest absolute Gasteiger partial charge is 0.484 e. The van der Waals surface area contributed by atoms with Crippen molar-refractivity contribution in [2.45, 2.75) is 26.9 Å². The Morgan fingerprint density at radius 3 is 2.32 bits per heavy atom. The van der Waals surface area contributed by atoms with E-state index < -0.39 is 0 Å². The van der Waals surface area contributed by atoms with Crippen LogP contribution in [0.3, 0.4) is 0 Å². The Kier molecular flexibility index (Phi) is 7.04. The average molecular weight is 377 g/mol. The van der Waals surface area contributed by atoms with E-state index >= 15 is 0 Å². The topological polar surface area (TPSA) is 41.6 Å². The van der Waals surface area contributed by atoms with E-state index in [2.05, 4.69) is 42.3 Å². The number of carbonyl (C=O) groups excluding carboxylic acids is 1. The third-order valence-electron chi connectivity index (χ3n) is 4.97. The third-order valence-corrected chi connectivity index (χ3v) is 4.97. The van der Waals surface area contributed by atoms with Gasteiger partial charge < -0.3 is 10.1 Å². The first kappa shape index (κ1) is 19.9. The van der Waals surface area contributed by atoms with Gasteiger partial charge in [0.1, 0.15) is 5.75 Å². The summed E-state index contributed by atoms with van der Waals surface area (Å²) in [5, 5.41) is 5.23. The zero-order valence-electron chi connectivity index (χ0n) is 16.7. The zero-order valence-corrected chi connectivity index (χ0v) is 16.7. The second kappa shape index (κ2) is 9.90. The van der Waals surface area contributed by atoms with Gasteiger partial charge >= 0.3 is 0 Å². The quantitative estimate of drug-likeness (QED) is 0.603. The number of nitrogens with one attached hydrogen (secondary N) is 1. The normalized spacial score (nSPS) is 11.0. The van der Waals surface area contributed by atoms with E-state index in [-0.39, 0.29) is 12.5 Å². The lowest BCUT2D eigenvalue weighted by Crippen LogP contribution is -2.29. The van der Waals surface area contributed by atoms with Crippen LogP contribution in [0.4, 0.5) is 0 Å². The van der Waals surface area contributed by atoms with E-state index in [0.29, 0.717) is 12.3 Å². The molecule has 0 radical (unpaired) electrons. The molecule has 0 saturated carbocycles. The summed E-state index contributed by atoms with van der Waals surface area (Å²) in [4.78, 5) is 14.6. The van der Waals surface area contributed by atoms with Crippen LogP contribution in [0.2, 0.25) is 0 Å². The number of amides is 1. The van der Waals surface area contributed by atoms with Crippen LogP contribution in [0.15, 0.2) is 66.7 Å². The first-order chi connectivity index (χ1) is 13.7. The number of hydrogen-bond acceptors (Lipinski definition) is 3. The zero-order chi connectivity index (χ0) is 19.8. The van der Waals surface area contributed by atoms with Gasteiger partial charge in [-0.05, 0) is 47.1 Å². The molecule has 0 aliphatic carbocycles. The summed E-state index contributed by atoms with van der Waals surface area (Å²) >= 11 is 0. The SMILES string of the molecule is CCN(CC)Cc1ccccc1CNC(=O)COc1ccc2ccccc2c1. The molecule has 1 N–H and O–H groups in total. The van der Waals surface area contributed by atoms with Gasteiger partial charge in [-0.3, -0.25) is 9.69 Å². The molecular weight excluding hydrogens is 348 g/mol. The van der Waals surface area contributed by atoms with Crippen LogP contribution in [0.5, 0.6) is 5.75 Å². The molecule has 0 aliphatic rings. The highest BCUT2D eigenvalue weighted by atomic mass is 16.5. The summed E-state index contributed by atoms with van der Waals surface area (Å²) in [6.45, 7) is 7.77. The summed E-state index contributed by atoms with van der Waals surface area (Å²) < 4.78 is 5.67. The lowest BCUT2D eigenvalue weighted by atomic mass is 10.1. The number of rotatable bonds is 9. The number of ether oxygens (including phenoxy) is 1. The fourth-order valence-corrected chi connectivity index (χ4v) is 3.22. The number of nitrogens with zero attached hydrogens (tertiary/aromatic N) is 1. The van der Waals surface area contributed by atoms with E-state index in [1.165, 1.54) is 5.56 Å². The van der Waals surface area contributed by atoms with Crippen molar-refractivity contribution in [2.24, 2.45) is 0 Å². The summed E-state index contributed by atoms with van der Waals surface area (Å²) in [6.07, 6.45) is 0. The number of hydrogen-bond donors (Lipinski definition) is 1. The Bertz CT molecular complexity index is 919. The molecule has 3 rings (SSSR count). The van der Waals surface area contributed by atoms with Crippen LogP contribution >= 0.6 is 0 Å². The van der Waals surface area contributed by atoms with E-state index in [9.17, 15) is 4.79 Å². The standard InChI is InChI=1S/C24H28N2O2/c1-3-26(4-2)17-22-12-8-7-11-21(22)16-25-24(27)18-28-23-14-13-19-9-5-6-10-20(19)15-23/h5-15H,3-4,16-18H2,1-2H3,(H,25,27). The van der Waals surface area contributed by atoms with Gasteiger partial charge in [0.2, 0.25) is 0 Å². The summed E-state index contributed by atoms with van der Waals surface area (Å²) in [5.41, 5.74) is 2.40. The lowest BCUT2D eigenvalue weighted by Gasteiger charge is -2.20. The van der Waals surface area contributed by atoms with E-state index in [1.54, 1.807) is 0 Å². The predicted octanol–water partition coefficient (Wildman–Crippen LogP) is 4.38. The van der Waals surface area contributed by atoms with Crippen molar-refractivity contribution in [1.82, 2.24) is 10.2 Å². The molecule has 4 heteroatoms. The fraction of sp³-hybridized carbons (Fsp3) is 0.292. The van der Waals surface area contributed by atoms with Crippen LogP contribution in [-0.4, -0.2) is 30.5 Å². The molecule has 0 aromatic heterocycles. The summed E-state index contributed by atoms with van der Waals surface area (Å²) in [5.74, 6) is 0.585. The Balaban J connectivity index is 1.54. The summed E-state index contributed by atoms with van der Waals surface area (Å²) in [7, 11) is 0. The molecule has 0 saturated heterocycles. The van der Waals surface area contributed by atoms with Gasteiger partial charge in [0.25, 0.3) is 5.91 Å². The number of carbonyl (C=O) groups is 1. The maximum absolute atomic E-state index is 12.3. The van der Waals surface area contributed by atoms with Crippen molar-refractivity contribution in [3.8, 4) is 5.75 Å². The van der Waals surface area contributed by atoms with Gasteiger partial charge in [0, 0.05) is 13.1 Å². The van der Waals surface area contributed by atoms with Crippen LogP contribution in [0.1, 0.15) is 25.0 Å². The first-order valence-electron chi connectivity index (χ1n) is 9.87. The van der Waals surface area contributed by atoms with Crippen molar-refractivity contribution in [3.05, 3.63) is 77.9 Å². The van der Waals surface area contributed by atoms with Crippen LogP contribution in [0, 0.1) is 0 Å². The van der Waals surface area contributed by atoms with Crippen molar-refractivity contribution in [2.75, 3.05) is 19.7 Å². The maximum Gasteiger partial charge on any atom is 0.258 e. The molecule has 0 fully saturated rings. The van der Waals surface area contributed by atoms with Crippen molar-refractivity contribution >= 4 is 16.7 Å². The molecule has 3 aromatic rings. The molecule has 0 spiro atoms. The second-order valence-corrected chi connectivity index (χ2v) is 6.80. The molecule has 0 unspecified atom stereocenters. The van der Waals surface area contributed by atoms with Crippen LogP contribution in [-0.2, 0) is 17.9 Å². The molecule has 4 nitrogen and oxygen atoms in total. The summed E-state index contributed by atoms with van der Waals surface area (Å²) in [6, 6.07) is 22.2. The van der Waals surface area contributed by atoms with E-state index in [4.69, 9.17) is 4.74 Å². The highest BCUT2D eigenvalue weighted by Gasteiger charge is 2.08. The monoisotopic (exact) mass is 376 g/mol. The number of benzene rings is 3. The maximum atomic E-state index is 12.3. The molecule has 3 aromatic carbocycles. The molecule has 146 valence electrons. The van der Waals surface area contributed by atoms with Crippen molar-refractivity contribution < 1.29 is 9.53 Å². The van der Waals surface area contributed by atoms with E-state index in [1.807, 2.05) is 48.5 Å². The minimum Gasteiger partial charge on any atom is -0.484 e. The number of fused-ring (bicyclic) bond motifs is 1. The van der Waals surface area contributed by atoms with Gasteiger partial charge in [-0.1, -0.05) is 68.4 Å². The van der Waals surface area contributed by atoms with Gasteiger partial charge in [-0.2, -0.15) is 0 Å². The van der Waals surface area contributed by atoms with Gasteiger partial charge in [0.05, 0.1) is 0 Å². The molecule has 0 bridgehead atoms. The molecular formula is C24H28N2O2. The minimum absolute atomic E-state index is 0.0105. The molecule has 1 amide bonds. The highest BCUT2D eigenvalue weighted by Crippen LogP contribution is 2.20.